The maximum absolute atomic E-state index is 12.3. The van der Waals surface area contributed by atoms with E-state index in [1.54, 1.807) is 6.07 Å². The number of aryl methyl sites for hydroxylation is 1. The first-order valence-corrected chi connectivity index (χ1v) is 8.62. The van der Waals surface area contributed by atoms with Crippen LogP contribution >= 0.6 is 11.6 Å². The van der Waals surface area contributed by atoms with E-state index in [1.807, 2.05) is 32.9 Å². The maximum atomic E-state index is 12.3. The number of hydrogen-bond donors (Lipinski definition) is 0. The normalized spacial score (nSPS) is 27.0. The van der Waals surface area contributed by atoms with Crippen molar-refractivity contribution in [3.63, 3.8) is 0 Å². The lowest BCUT2D eigenvalue weighted by Crippen LogP contribution is -2.46. The number of benzene rings is 1. The van der Waals surface area contributed by atoms with E-state index < -0.39 is 0 Å². The Morgan fingerprint density at radius 1 is 1.18 bits per heavy atom. The van der Waals surface area contributed by atoms with Gasteiger partial charge in [0.25, 0.3) is 0 Å². The number of carbonyl (C=O) groups excluding carboxylic acids is 1. The van der Waals surface area contributed by atoms with Gasteiger partial charge in [0.1, 0.15) is 6.10 Å². The molecule has 0 N–H and O–H groups in total. The van der Waals surface area contributed by atoms with Crippen LogP contribution in [0.4, 0.5) is 0 Å². The molecule has 2 aliphatic rings. The molecule has 3 unspecified atom stereocenters. The zero-order valence-electron chi connectivity index (χ0n) is 13.9. The highest BCUT2D eigenvalue weighted by molar-refractivity contribution is 6.31. The molecule has 1 aromatic carbocycles. The van der Waals surface area contributed by atoms with Crippen LogP contribution in [-0.2, 0) is 4.74 Å². The quantitative estimate of drug-likeness (QED) is 0.753. The van der Waals surface area contributed by atoms with Gasteiger partial charge in [-0.1, -0.05) is 25.4 Å². The second kappa shape index (κ2) is 7.47. The number of carbonyl (C=O) groups is 1. The van der Waals surface area contributed by atoms with Crippen molar-refractivity contribution in [2.75, 3.05) is 7.05 Å². The highest BCUT2D eigenvalue weighted by Crippen LogP contribution is 2.36. The summed E-state index contributed by atoms with van der Waals surface area (Å²) in [6.45, 7) is 5.93. The molecule has 3 rings (SSSR count). The zero-order chi connectivity index (χ0) is 16.3. The largest absolute Gasteiger partial charge is 0.457 e. The van der Waals surface area contributed by atoms with Gasteiger partial charge in [-0.05, 0) is 63.4 Å². The summed E-state index contributed by atoms with van der Waals surface area (Å²) >= 11 is 6.01. The first-order valence-electron chi connectivity index (χ1n) is 8.24. The van der Waals surface area contributed by atoms with E-state index in [0.717, 1.165) is 24.8 Å². The summed E-state index contributed by atoms with van der Waals surface area (Å²) in [5.41, 5.74) is 1.53. The van der Waals surface area contributed by atoms with Crippen LogP contribution in [0.2, 0.25) is 5.02 Å². The zero-order valence-corrected chi connectivity index (χ0v) is 14.7. The molecule has 0 saturated carbocycles. The topological polar surface area (TPSA) is 29.5 Å². The maximum Gasteiger partial charge on any atom is 0.338 e. The molecule has 0 amide bonds. The van der Waals surface area contributed by atoms with Gasteiger partial charge in [-0.25, -0.2) is 4.79 Å². The van der Waals surface area contributed by atoms with E-state index in [2.05, 4.69) is 11.9 Å². The van der Waals surface area contributed by atoms with Gasteiger partial charge in [0.05, 0.1) is 5.56 Å². The number of halogens is 1. The summed E-state index contributed by atoms with van der Waals surface area (Å²) in [6, 6.07) is 6.43. The lowest BCUT2D eigenvalue weighted by Gasteiger charge is -2.36. The predicted molar refractivity (Wildman–Crippen MR) is 90.5 cm³/mol. The molecule has 22 heavy (non-hydrogen) atoms. The van der Waals surface area contributed by atoms with Gasteiger partial charge in [0.15, 0.2) is 0 Å². The summed E-state index contributed by atoms with van der Waals surface area (Å²) in [5.74, 6) is -0.251. The Kier molecular flexibility index (Phi) is 5.87. The number of piperidine rings is 1. The van der Waals surface area contributed by atoms with Crippen LogP contribution < -0.4 is 0 Å². The third-order valence-corrected chi connectivity index (χ3v) is 4.86. The Balaban J connectivity index is 0.000000847. The highest BCUT2D eigenvalue weighted by Gasteiger charge is 2.41. The molecule has 0 spiro atoms. The molecule has 122 valence electrons. The number of hydrogen-bond acceptors (Lipinski definition) is 3. The SMILES string of the molecule is CC.Cc1cc(Cl)cc(C(=O)OC2CCC3CCC2N3C)c1. The average Bonchev–Trinajstić information content (AvgIpc) is 2.72. The molecule has 2 saturated heterocycles. The molecule has 2 aliphatic heterocycles. The molecule has 0 aromatic heterocycles. The molecule has 3 atom stereocenters. The standard InChI is InChI=1S/C16H20ClNO2.C2H6/c1-10-7-11(9-12(17)8-10)16(19)20-15-6-4-13-3-5-14(15)18(13)2;1-2/h7-9,13-15H,3-6H2,1-2H3;1-2H3. The fourth-order valence-electron chi connectivity index (χ4n) is 3.58. The van der Waals surface area contributed by atoms with Gasteiger partial charge in [0, 0.05) is 17.1 Å². The fourth-order valence-corrected chi connectivity index (χ4v) is 3.87. The molecule has 2 heterocycles. The van der Waals surface area contributed by atoms with Crippen LogP contribution in [0.1, 0.15) is 55.5 Å². The molecule has 0 radical (unpaired) electrons. The van der Waals surface area contributed by atoms with Crippen molar-refractivity contribution in [1.82, 2.24) is 4.90 Å². The smallest absolute Gasteiger partial charge is 0.338 e. The van der Waals surface area contributed by atoms with Crippen molar-refractivity contribution in [3.05, 3.63) is 34.3 Å². The van der Waals surface area contributed by atoms with Crippen molar-refractivity contribution < 1.29 is 9.53 Å². The number of esters is 1. The molecule has 2 fully saturated rings. The van der Waals surface area contributed by atoms with Crippen molar-refractivity contribution in [2.24, 2.45) is 0 Å². The van der Waals surface area contributed by atoms with Gasteiger partial charge in [0.2, 0.25) is 0 Å². The van der Waals surface area contributed by atoms with Crippen molar-refractivity contribution >= 4 is 17.6 Å². The Morgan fingerprint density at radius 3 is 2.55 bits per heavy atom. The van der Waals surface area contributed by atoms with E-state index in [9.17, 15) is 4.79 Å². The number of nitrogens with zero attached hydrogens (tertiary/aromatic N) is 1. The van der Waals surface area contributed by atoms with Crippen LogP contribution in [0, 0.1) is 6.92 Å². The van der Waals surface area contributed by atoms with Crippen LogP contribution in [-0.4, -0.2) is 36.1 Å². The van der Waals surface area contributed by atoms with E-state index >= 15 is 0 Å². The van der Waals surface area contributed by atoms with Gasteiger partial charge < -0.3 is 4.74 Å². The molecule has 0 aliphatic carbocycles. The van der Waals surface area contributed by atoms with Crippen LogP contribution in [0.3, 0.4) is 0 Å². The minimum Gasteiger partial charge on any atom is -0.457 e. The second-order valence-corrected chi connectivity index (χ2v) is 6.44. The Labute approximate surface area is 138 Å². The van der Waals surface area contributed by atoms with Gasteiger partial charge in [-0.3, -0.25) is 4.90 Å². The Hall–Kier alpha value is -1.06. The summed E-state index contributed by atoms with van der Waals surface area (Å²) in [7, 11) is 2.14. The third kappa shape index (κ3) is 3.64. The molecular weight excluding hydrogens is 298 g/mol. The Bertz CT molecular complexity index is 512. The van der Waals surface area contributed by atoms with Crippen molar-refractivity contribution in [1.29, 1.82) is 0 Å². The monoisotopic (exact) mass is 323 g/mol. The molecular formula is C18H26ClNO2. The van der Waals surface area contributed by atoms with E-state index in [0.29, 0.717) is 22.7 Å². The highest BCUT2D eigenvalue weighted by atomic mass is 35.5. The predicted octanol–water partition coefficient (Wildman–Crippen LogP) is 4.46. The molecule has 3 nitrogen and oxygen atoms in total. The minimum atomic E-state index is -0.251. The van der Waals surface area contributed by atoms with Crippen molar-refractivity contribution in [3.8, 4) is 0 Å². The number of fused-ring (bicyclic) bond motifs is 2. The van der Waals surface area contributed by atoms with Crippen LogP contribution in [0.15, 0.2) is 18.2 Å². The summed E-state index contributed by atoms with van der Waals surface area (Å²) in [4.78, 5) is 14.7. The summed E-state index contributed by atoms with van der Waals surface area (Å²) in [5, 5.41) is 0.582. The summed E-state index contributed by atoms with van der Waals surface area (Å²) in [6.07, 6.45) is 4.48. The van der Waals surface area contributed by atoms with E-state index in [4.69, 9.17) is 16.3 Å². The summed E-state index contributed by atoms with van der Waals surface area (Å²) < 4.78 is 5.75. The van der Waals surface area contributed by atoms with E-state index in [-0.39, 0.29) is 12.1 Å². The van der Waals surface area contributed by atoms with Crippen LogP contribution in [0.5, 0.6) is 0 Å². The lowest BCUT2D eigenvalue weighted by molar-refractivity contribution is -0.0129. The van der Waals surface area contributed by atoms with Crippen LogP contribution in [0.25, 0.3) is 0 Å². The average molecular weight is 324 g/mol. The molecule has 4 heteroatoms. The number of likely N-dealkylation sites (N-methyl/N-ethyl adjacent to an activating group) is 1. The van der Waals surface area contributed by atoms with Crippen molar-refractivity contribution in [2.45, 2.75) is 64.6 Å². The molecule has 2 bridgehead atoms. The fraction of sp³-hybridized carbons (Fsp3) is 0.611. The minimum absolute atomic E-state index is 0.0190. The first kappa shape index (κ1) is 17.3. The van der Waals surface area contributed by atoms with Gasteiger partial charge in [-0.15, -0.1) is 0 Å². The Morgan fingerprint density at radius 2 is 1.86 bits per heavy atom. The number of ether oxygens (including phenoxy) is 1. The second-order valence-electron chi connectivity index (χ2n) is 6.00. The number of rotatable bonds is 2. The van der Waals surface area contributed by atoms with E-state index in [1.165, 1.54) is 6.42 Å². The lowest BCUT2D eigenvalue weighted by atomic mass is 10.0. The first-order chi connectivity index (χ1) is 10.5. The van der Waals surface area contributed by atoms with Gasteiger partial charge in [-0.2, -0.15) is 0 Å². The van der Waals surface area contributed by atoms with Gasteiger partial charge >= 0.3 is 5.97 Å². The molecule has 1 aromatic rings. The third-order valence-electron chi connectivity index (χ3n) is 4.64.